The largest absolute Gasteiger partial charge is 0.435 e. The number of nitrogens with zero attached hydrogens (tertiary/aromatic N) is 2. The van der Waals surface area contributed by atoms with E-state index in [0.29, 0.717) is 0 Å². The Morgan fingerprint density at radius 1 is 1.22 bits per heavy atom. The van der Waals surface area contributed by atoms with Crippen LogP contribution in [-0.4, -0.2) is 32.0 Å². The van der Waals surface area contributed by atoms with Crippen LogP contribution >= 0.6 is 0 Å². The van der Waals surface area contributed by atoms with Gasteiger partial charge < -0.3 is 20.8 Å². The summed E-state index contributed by atoms with van der Waals surface area (Å²) < 4.78 is 30.3. The number of nitrogens with two attached hydrogens (primary N) is 1. The number of halogens is 2. The van der Waals surface area contributed by atoms with E-state index in [1.807, 2.05) is 6.07 Å². The number of anilines is 1. The molecule has 0 saturated carbocycles. The van der Waals surface area contributed by atoms with Crippen molar-refractivity contribution in [2.45, 2.75) is 38.3 Å². The first-order chi connectivity index (χ1) is 15.5. The summed E-state index contributed by atoms with van der Waals surface area (Å²) in [6.45, 7) is 3.81. The second kappa shape index (κ2) is 8.20. The lowest BCUT2D eigenvalue weighted by Crippen LogP contribution is -2.44. The Kier molecular flexibility index (Phi) is 5.37. The van der Waals surface area contributed by atoms with Gasteiger partial charge in [0.15, 0.2) is 0 Å². The average Bonchev–Trinajstić information content (AvgIpc) is 3.42. The van der Waals surface area contributed by atoms with Crippen molar-refractivity contribution in [2.24, 2.45) is 16.3 Å². The maximum atomic E-state index is 12.8. The fourth-order valence-corrected chi connectivity index (χ4v) is 5.46. The zero-order valence-electron chi connectivity index (χ0n) is 18.0. The summed E-state index contributed by atoms with van der Waals surface area (Å²) in [5.74, 6) is 0.133. The summed E-state index contributed by atoms with van der Waals surface area (Å²) in [6, 6.07) is 13.7. The van der Waals surface area contributed by atoms with Gasteiger partial charge in [-0.1, -0.05) is 30.8 Å². The minimum Gasteiger partial charge on any atom is -0.435 e. The fourth-order valence-electron chi connectivity index (χ4n) is 5.46. The molecule has 2 aromatic carbocycles. The molecule has 0 aromatic heterocycles. The van der Waals surface area contributed by atoms with E-state index in [-0.39, 0.29) is 17.2 Å². The molecule has 5 rings (SSSR count). The van der Waals surface area contributed by atoms with Crippen LogP contribution in [0.4, 0.5) is 14.5 Å². The summed E-state index contributed by atoms with van der Waals surface area (Å²) in [7, 11) is 0. The number of allylic oxidation sites excluding steroid dienone is 1. The van der Waals surface area contributed by atoms with E-state index in [1.54, 1.807) is 12.1 Å². The Hall–Kier alpha value is -2.93. The smallest absolute Gasteiger partial charge is 0.387 e. The van der Waals surface area contributed by atoms with Gasteiger partial charge in [-0.25, -0.2) is 0 Å². The Labute approximate surface area is 186 Å². The second-order valence-electron chi connectivity index (χ2n) is 8.96. The van der Waals surface area contributed by atoms with Crippen LogP contribution in [0, 0.1) is 5.41 Å². The van der Waals surface area contributed by atoms with Crippen LogP contribution in [0.1, 0.15) is 42.0 Å². The third-order valence-corrected chi connectivity index (χ3v) is 7.25. The van der Waals surface area contributed by atoms with Crippen LogP contribution in [0.15, 0.2) is 54.1 Å². The number of ether oxygens (including phenoxy) is 1. The van der Waals surface area contributed by atoms with Gasteiger partial charge in [0, 0.05) is 48.9 Å². The van der Waals surface area contributed by atoms with Gasteiger partial charge in [-0.3, -0.25) is 0 Å². The lowest BCUT2D eigenvalue weighted by Gasteiger charge is -2.43. The molecule has 0 unspecified atom stereocenters. The highest BCUT2D eigenvalue weighted by Gasteiger charge is 2.46. The molecule has 1 fully saturated rings. The van der Waals surface area contributed by atoms with E-state index in [0.717, 1.165) is 67.9 Å². The van der Waals surface area contributed by atoms with Crippen molar-refractivity contribution in [3.05, 3.63) is 65.7 Å². The Morgan fingerprint density at radius 3 is 2.69 bits per heavy atom. The molecule has 0 radical (unpaired) electrons. The fraction of sp³-hybridized carbons (Fsp3) is 0.400. The minimum absolute atomic E-state index is 0.0519. The van der Waals surface area contributed by atoms with Crippen LogP contribution < -0.4 is 20.8 Å². The number of piperidine rings is 1. The van der Waals surface area contributed by atoms with Gasteiger partial charge in [-0.2, -0.15) is 13.9 Å². The van der Waals surface area contributed by atoms with Gasteiger partial charge in [0.1, 0.15) is 5.75 Å². The Balaban J connectivity index is 1.40. The van der Waals surface area contributed by atoms with Crippen molar-refractivity contribution in [1.29, 1.82) is 0 Å². The van der Waals surface area contributed by atoms with Crippen molar-refractivity contribution in [1.82, 2.24) is 5.43 Å². The number of alkyl halides is 2. The van der Waals surface area contributed by atoms with Crippen molar-refractivity contribution in [3.63, 3.8) is 0 Å². The second-order valence-corrected chi connectivity index (χ2v) is 8.96. The van der Waals surface area contributed by atoms with Gasteiger partial charge >= 0.3 is 6.61 Å². The van der Waals surface area contributed by atoms with Crippen LogP contribution in [-0.2, 0) is 6.42 Å². The van der Waals surface area contributed by atoms with Gasteiger partial charge in [0.2, 0.25) is 0 Å². The van der Waals surface area contributed by atoms with Gasteiger partial charge in [-0.05, 0) is 54.0 Å². The molecule has 3 N–H and O–H groups in total. The van der Waals surface area contributed by atoms with Crippen LogP contribution in [0.3, 0.4) is 0 Å². The minimum atomic E-state index is -2.87. The molecule has 1 saturated heterocycles. The number of hydrazone groups is 1. The molecule has 0 amide bonds. The van der Waals surface area contributed by atoms with E-state index in [4.69, 9.17) is 5.73 Å². The third-order valence-electron chi connectivity index (χ3n) is 7.25. The highest BCUT2D eigenvalue weighted by atomic mass is 19.3. The molecule has 1 spiro atoms. The Bertz CT molecular complexity index is 1060. The van der Waals surface area contributed by atoms with Crippen molar-refractivity contribution >= 4 is 17.0 Å². The van der Waals surface area contributed by atoms with Crippen LogP contribution in [0.5, 0.6) is 5.75 Å². The number of nitrogens with one attached hydrogen (secondary N) is 1. The highest BCUT2D eigenvalue weighted by molar-refractivity contribution is 6.25. The quantitative estimate of drug-likeness (QED) is 0.722. The molecular weight excluding hydrogens is 410 g/mol. The molecule has 0 bridgehead atoms. The lowest BCUT2D eigenvalue weighted by atomic mass is 9.73. The highest BCUT2D eigenvalue weighted by Crippen LogP contribution is 2.51. The lowest BCUT2D eigenvalue weighted by molar-refractivity contribution is -0.0498. The van der Waals surface area contributed by atoms with E-state index in [1.165, 1.54) is 11.1 Å². The molecule has 32 heavy (non-hydrogen) atoms. The molecular formula is C25H28F2N4O. The van der Waals surface area contributed by atoms with Crippen molar-refractivity contribution < 1.29 is 13.5 Å². The molecule has 7 heteroatoms. The molecule has 168 valence electrons. The third kappa shape index (κ3) is 3.64. The zero-order valence-corrected chi connectivity index (χ0v) is 18.0. The first-order valence-corrected chi connectivity index (χ1v) is 11.1. The zero-order chi connectivity index (χ0) is 22.3. The number of fused-ring (bicyclic) bond motifs is 1. The van der Waals surface area contributed by atoms with E-state index in [2.05, 4.69) is 51.0 Å². The van der Waals surface area contributed by atoms with E-state index >= 15 is 0 Å². The SMILES string of the molecule is C=C(C1=NNCC1)c1cc(OC(F)F)ccc1N1CCC2(CC1)Cc1ccccc1[C@H]2N. The predicted octanol–water partition coefficient (Wildman–Crippen LogP) is 4.49. The van der Waals surface area contributed by atoms with Crippen molar-refractivity contribution in [3.8, 4) is 5.75 Å². The molecule has 5 nitrogen and oxygen atoms in total. The molecule has 3 aliphatic rings. The summed E-state index contributed by atoms with van der Waals surface area (Å²) in [6.07, 6.45) is 3.73. The number of hydrogen-bond donors (Lipinski definition) is 2. The van der Waals surface area contributed by atoms with E-state index < -0.39 is 6.61 Å². The van der Waals surface area contributed by atoms with Gasteiger partial charge in [0.25, 0.3) is 0 Å². The maximum absolute atomic E-state index is 12.8. The predicted molar refractivity (Wildman–Crippen MR) is 123 cm³/mol. The molecule has 2 aromatic rings. The number of benzene rings is 2. The summed E-state index contributed by atoms with van der Waals surface area (Å²) in [5.41, 5.74) is 15.8. The van der Waals surface area contributed by atoms with Crippen LogP contribution in [0.2, 0.25) is 0 Å². The van der Waals surface area contributed by atoms with Gasteiger partial charge in [0.05, 0.1) is 5.71 Å². The molecule has 1 atom stereocenters. The first-order valence-electron chi connectivity index (χ1n) is 11.1. The van der Waals surface area contributed by atoms with Crippen molar-refractivity contribution in [2.75, 3.05) is 24.5 Å². The molecule has 1 aliphatic carbocycles. The average molecular weight is 439 g/mol. The number of rotatable bonds is 5. The summed E-state index contributed by atoms with van der Waals surface area (Å²) in [5, 5.41) is 4.32. The molecule has 2 aliphatic heterocycles. The Morgan fingerprint density at radius 2 is 2.00 bits per heavy atom. The standard InChI is InChI=1S/C25H28F2N4O/c1-16(21-8-11-29-30-21)20-14-18(32-24(26)27)6-7-22(20)31-12-9-25(10-13-31)15-17-4-2-3-5-19(17)23(25)28/h2-7,14,23-24,29H,1,8-13,15,28H2/t23-/m1/s1. The normalized spacial score (nSPS) is 21.4. The van der Waals surface area contributed by atoms with Gasteiger partial charge in [-0.15, -0.1) is 0 Å². The first kappa shape index (κ1) is 20.9. The summed E-state index contributed by atoms with van der Waals surface area (Å²) >= 11 is 0. The topological polar surface area (TPSA) is 62.9 Å². The monoisotopic (exact) mass is 438 g/mol. The summed E-state index contributed by atoms with van der Waals surface area (Å²) in [4.78, 5) is 2.32. The number of hydrogen-bond acceptors (Lipinski definition) is 5. The van der Waals surface area contributed by atoms with Crippen LogP contribution in [0.25, 0.3) is 5.57 Å². The molecule has 2 heterocycles. The van der Waals surface area contributed by atoms with E-state index in [9.17, 15) is 8.78 Å². The maximum Gasteiger partial charge on any atom is 0.387 e.